The van der Waals surface area contributed by atoms with Crippen LogP contribution in [0.25, 0.3) is 0 Å². The molecule has 1 unspecified atom stereocenters. The first kappa shape index (κ1) is 11.6. The van der Waals surface area contributed by atoms with E-state index in [2.05, 4.69) is 5.32 Å². The number of hydrogen-bond acceptors (Lipinski definition) is 3. The molecule has 0 spiro atoms. The molecule has 0 bridgehead atoms. The maximum atomic E-state index is 13.3. The van der Waals surface area contributed by atoms with Crippen LogP contribution in [-0.2, 0) is 20.7 Å². The molecule has 1 amide bonds. The quantitative estimate of drug-likeness (QED) is 0.791. The van der Waals surface area contributed by atoms with Crippen LogP contribution in [0.4, 0.5) is 4.39 Å². The van der Waals surface area contributed by atoms with Crippen LogP contribution < -0.4 is 5.32 Å². The number of carbonyl (C=O) groups is 2. The van der Waals surface area contributed by atoms with Crippen molar-refractivity contribution in [3.8, 4) is 0 Å². The molecule has 0 radical (unpaired) electrons. The summed E-state index contributed by atoms with van der Waals surface area (Å²) in [5.74, 6) is -1.22. The molecule has 1 saturated heterocycles. The van der Waals surface area contributed by atoms with Gasteiger partial charge in [0.15, 0.2) is 0 Å². The third-order valence-electron chi connectivity index (χ3n) is 2.58. The first-order chi connectivity index (χ1) is 8.16. The summed E-state index contributed by atoms with van der Waals surface area (Å²) in [4.78, 5) is 22.7. The maximum Gasteiger partial charge on any atom is 0.328 e. The fourth-order valence-electron chi connectivity index (χ4n) is 1.69. The van der Waals surface area contributed by atoms with Gasteiger partial charge in [0, 0.05) is 6.42 Å². The lowest BCUT2D eigenvalue weighted by molar-refractivity contribution is -0.141. The molecule has 1 heterocycles. The van der Waals surface area contributed by atoms with Crippen LogP contribution in [0.5, 0.6) is 0 Å². The molecule has 4 nitrogen and oxygen atoms in total. The fraction of sp³-hybridized carbons (Fsp3) is 0.333. The Kier molecular flexibility index (Phi) is 3.37. The largest absolute Gasteiger partial charge is 0.464 e. The number of cyclic esters (lactones) is 1. The zero-order valence-electron chi connectivity index (χ0n) is 9.11. The predicted molar refractivity (Wildman–Crippen MR) is 57.6 cm³/mol. The van der Waals surface area contributed by atoms with Gasteiger partial charge in [0.2, 0.25) is 5.91 Å². The molecule has 1 aliphatic rings. The first-order valence-corrected chi connectivity index (χ1v) is 5.36. The molecule has 5 heteroatoms. The molecule has 1 N–H and O–H groups in total. The van der Waals surface area contributed by atoms with Gasteiger partial charge in [-0.1, -0.05) is 18.2 Å². The molecular weight excluding hydrogens is 225 g/mol. The summed E-state index contributed by atoms with van der Waals surface area (Å²) in [5, 5.41) is 2.52. The highest BCUT2D eigenvalue weighted by atomic mass is 19.1. The zero-order chi connectivity index (χ0) is 12.3. The van der Waals surface area contributed by atoms with E-state index < -0.39 is 17.8 Å². The van der Waals surface area contributed by atoms with Crippen LogP contribution in [0, 0.1) is 5.82 Å². The Hall–Kier alpha value is -1.91. The topological polar surface area (TPSA) is 55.4 Å². The Bertz CT molecular complexity index is 447. The van der Waals surface area contributed by atoms with Crippen molar-refractivity contribution in [2.45, 2.75) is 18.9 Å². The molecule has 1 aromatic carbocycles. The highest BCUT2D eigenvalue weighted by molar-refractivity contribution is 5.86. The Balaban J connectivity index is 1.93. The van der Waals surface area contributed by atoms with E-state index >= 15 is 0 Å². The number of benzene rings is 1. The van der Waals surface area contributed by atoms with Crippen molar-refractivity contribution in [3.63, 3.8) is 0 Å². The molecule has 0 aromatic heterocycles. The molecule has 1 fully saturated rings. The van der Waals surface area contributed by atoms with Gasteiger partial charge in [-0.25, -0.2) is 9.18 Å². The summed E-state index contributed by atoms with van der Waals surface area (Å²) in [6, 6.07) is 5.48. The summed E-state index contributed by atoms with van der Waals surface area (Å²) in [6.45, 7) is 0.323. The molecule has 0 saturated carbocycles. The minimum Gasteiger partial charge on any atom is -0.464 e. The third kappa shape index (κ3) is 2.81. The Labute approximate surface area is 97.8 Å². The van der Waals surface area contributed by atoms with Crippen LogP contribution in [-0.4, -0.2) is 24.5 Å². The second kappa shape index (κ2) is 4.95. The van der Waals surface area contributed by atoms with Gasteiger partial charge in [0.1, 0.15) is 11.9 Å². The van der Waals surface area contributed by atoms with E-state index in [0.29, 0.717) is 18.6 Å². The van der Waals surface area contributed by atoms with E-state index in [1.807, 2.05) is 0 Å². The van der Waals surface area contributed by atoms with Gasteiger partial charge in [-0.05, 0) is 11.6 Å². The van der Waals surface area contributed by atoms with E-state index in [1.54, 1.807) is 18.2 Å². The minimum absolute atomic E-state index is 0.0730. The van der Waals surface area contributed by atoms with Gasteiger partial charge >= 0.3 is 5.97 Å². The number of esters is 1. The average molecular weight is 237 g/mol. The normalized spacial score (nSPS) is 18.9. The maximum absolute atomic E-state index is 13.3. The SMILES string of the molecule is O=C(Cc1ccccc1F)NC1CCOC1=O. The lowest BCUT2D eigenvalue weighted by Gasteiger charge is -2.09. The van der Waals surface area contributed by atoms with Crippen LogP contribution in [0.2, 0.25) is 0 Å². The van der Waals surface area contributed by atoms with Crippen molar-refractivity contribution in [2.75, 3.05) is 6.61 Å². The van der Waals surface area contributed by atoms with Crippen molar-refractivity contribution >= 4 is 11.9 Å². The van der Waals surface area contributed by atoms with Gasteiger partial charge in [-0.3, -0.25) is 4.79 Å². The fourth-order valence-corrected chi connectivity index (χ4v) is 1.69. The van der Waals surface area contributed by atoms with E-state index in [9.17, 15) is 14.0 Å². The van der Waals surface area contributed by atoms with Gasteiger partial charge in [0.25, 0.3) is 0 Å². The average Bonchev–Trinajstić information content (AvgIpc) is 2.68. The molecule has 90 valence electrons. The van der Waals surface area contributed by atoms with Crippen molar-refractivity contribution in [1.82, 2.24) is 5.32 Å². The summed E-state index contributed by atoms with van der Waals surface area (Å²) in [6.07, 6.45) is 0.401. The predicted octanol–water partition coefficient (Wildman–Crippen LogP) is 0.800. The van der Waals surface area contributed by atoms with E-state index in [0.717, 1.165) is 0 Å². The lowest BCUT2D eigenvalue weighted by atomic mass is 10.1. The number of carbonyl (C=O) groups excluding carboxylic acids is 2. The highest BCUT2D eigenvalue weighted by Crippen LogP contribution is 2.09. The molecule has 1 atom stereocenters. The Morgan fingerprint density at radius 2 is 2.24 bits per heavy atom. The summed E-state index contributed by atoms with van der Waals surface area (Å²) < 4.78 is 18.0. The monoisotopic (exact) mass is 237 g/mol. The van der Waals surface area contributed by atoms with Crippen molar-refractivity contribution in [1.29, 1.82) is 0 Å². The van der Waals surface area contributed by atoms with Gasteiger partial charge in [0.05, 0.1) is 13.0 Å². The van der Waals surface area contributed by atoms with Gasteiger partial charge in [-0.15, -0.1) is 0 Å². The first-order valence-electron chi connectivity index (χ1n) is 5.36. The molecule has 1 aliphatic heterocycles. The molecular formula is C12H12FNO3. The van der Waals surface area contributed by atoms with Crippen molar-refractivity contribution in [3.05, 3.63) is 35.6 Å². The summed E-state index contributed by atoms with van der Waals surface area (Å²) in [7, 11) is 0. The number of nitrogens with one attached hydrogen (secondary N) is 1. The number of ether oxygens (including phenoxy) is 1. The van der Waals surface area contributed by atoms with E-state index in [4.69, 9.17) is 4.74 Å². The van der Waals surface area contributed by atoms with E-state index in [1.165, 1.54) is 6.07 Å². The second-order valence-corrected chi connectivity index (χ2v) is 3.84. The third-order valence-corrected chi connectivity index (χ3v) is 2.58. The standard InChI is InChI=1S/C12H12FNO3/c13-9-4-2-1-3-8(9)7-11(15)14-10-5-6-17-12(10)16/h1-4,10H,5-7H2,(H,14,15). The van der Waals surface area contributed by atoms with Crippen LogP contribution in [0.15, 0.2) is 24.3 Å². The van der Waals surface area contributed by atoms with Crippen LogP contribution >= 0.6 is 0 Å². The Morgan fingerprint density at radius 3 is 2.88 bits per heavy atom. The minimum atomic E-state index is -0.589. The number of hydrogen-bond donors (Lipinski definition) is 1. The van der Waals surface area contributed by atoms with Crippen LogP contribution in [0.3, 0.4) is 0 Å². The molecule has 17 heavy (non-hydrogen) atoms. The number of halogens is 1. The number of rotatable bonds is 3. The van der Waals surface area contributed by atoms with Crippen molar-refractivity contribution < 1.29 is 18.7 Å². The highest BCUT2D eigenvalue weighted by Gasteiger charge is 2.27. The number of amides is 1. The summed E-state index contributed by atoms with van der Waals surface area (Å²) >= 11 is 0. The zero-order valence-corrected chi connectivity index (χ0v) is 9.11. The van der Waals surface area contributed by atoms with Gasteiger partial charge in [-0.2, -0.15) is 0 Å². The molecule has 2 rings (SSSR count). The van der Waals surface area contributed by atoms with Crippen LogP contribution in [0.1, 0.15) is 12.0 Å². The van der Waals surface area contributed by atoms with E-state index in [-0.39, 0.29) is 12.3 Å². The molecule has 0 aliphatic carbocycles. The Morgan fingerprint density at radius 1 is 1.47 bits per heavy atom. The molecule has 1 aromatic rings. The van der Waals surface area contributed by atoms with Gasteiger partial charge < -0.3 is 10.1 Å². The lowest BCUT2D eigenvalue weighted by Crippen LogP contribution is -2.38. The summed E-state index contributed by atoms with van der Waals surface area (Å²) in [5.41, 5.74) is 0.316. The van der Waals surface area contributed by atoms with Crippen molar-refractivity contribution in [2.24, 2.45) is 0 Å². The smallest absolute Gasteiger partial charge is 0.328 e. The second-order valence-electron chi connectivity index (χ2n) is 3.84.